The number of anilines is 1. The van der Waals surface area contributed by atoms with Crippen LogP contribution in [0.1, 0.15) is 19.5 Å². The Morgan fingerprint density at radius 1 is 1.53 bits per heavy atom. The molecule has 1 fully saturated rings. The van der Waals surface area contributed by atoms with Crippen molar-refractivity contribution in [3.8, 4) is 0 Å². The van der Waals surface area contributed by atoms with Crippen molar-refractivity contribution in [1.82, 2.24) is 10.3 Å². The molecule has 0 aliphatic carbocycles. The molecule has 106 valence electrons. The second kappa shape index (κ2) is 6.68. The van der Waals surface area contributed by atoms with Gasteiger partial charge in [0.1, 0.15) is 5.82 Å². The van der Waals surface area contributed by atoms with Gasteiger partial charge in [-0.3, -0.25) is 0 Å². The molecule has 1 aromatic heterocycles. The predicted octanol–water partition coefficient (Wildman–Crippen LogP) is 2.36. The van der Waals surface area contributed by atoms with Crippen LogP contribution in [0.4, 0.5) is 5.82 Å². The van der Waals surface area contributed by atoms with Gasteiger partial charge in [0.25, 0.3) is 0 Å². The highest BCUT2D eigenvalue weighted by molar-refractivity contribution is 9.10. The highest BCUT2D eigenvalue weighted by atomic mass is 79.9. The van der Waals surface area contributed by atoms with E-state index in [1.807, 2.05) is 6.92 Å². The van der Waals surface area contributed by atoms with Gasteiger partial charge in [0.15, 0.2) is 0 Å². The summed E-state index contributed by atoms with van der Waals surface area (Å²) in [5.41, 5.74) is 1.03. The molecule has 1 aliphatic heterocycles. The third-order valence-corrected chi connectivity index (χ3v) is 4.13. The zero-order chi connectivity index (χ0) is 13.8. The zero-order valence-corrected chi connectivity index (χ0v) is 13.4. The molecule has 1 aromatic rings. The highest BCUT2D eigenvalue weighted by Gasteiger charge is 2.24. The first-order valence-electron chi connectivity index (χ1n) is 6.79. The molecule has 0 radical (unpaired) electrons. The fourth-order valence-corrected chi connectivity index (χ4v) is 2.41. The van der Waals surface area contributed by atoms with E-state index in [0.717, 1.165) is 42.3 Å². The van der Waals surface area contributed by atoms with Crippen LogP contribution in [-0.4, -0.2) is 43.4 Å². The Bertz CT molecular complexity index is 425. The van der Waals surface area contributed by atoms with Crippen LogP contribution < -0.4 is 10.2 Å². The Morgan fingerprint density at radius 2 is 2.32 bits per heavy atom. The van der Waals surface area contributed by atoms with E-state index in [1.54, 1.807) is 0 Å². The van der Waals surface area contributed by atoms with Gasteiger partial charge in [0.2, 0.25) is 0 Å². The van der Waals surface area contributed by atoms with Crippen molar-refractivity contribution in [2.45, 2.75) is 32.9 Å². The average Bonchev–Trinajstić information content (AvgIpc) is 2.40. The van der Waals surface area contributed by atoms with Gasteiger partial charge in [-0.05, 0) is 35.0 Å². The van der Waals surface area contributed by atoms with Crippen molar-refractivity contribution in [2.75, 3.05) is 31.2 Å². The Kier molecular flexibility index (Phi) is 5.19. The van der Waals surface area contributed by atoms with E-state index in [2.05, 4.69) is 57.1 Å². The van der Waals surface area contributed by atoms with Crippen molar-refractivity contribution >= 4 is 21.7 Å². The molecule has 0 bridgehead atoms. The number of rotatable bonds is 4. The molecular weight excluding hydrogens is 306 g/mol. The van der Waals surface area contributed by atoms with Gasteiger partial charge in [-0.2, -0.15) is 0 Å². The minimum Gasteiger partial charge on any atom is -0.377 e. The number of aryl methyl sites for hydroxylation is 1. The van der Waals surface area contributed by atoms with E-state index < -0.39 is 0 Å². The van der Waals surface area contributed by atoms with Gasteiger partial charge >= 0.3 is 0 Å². The van der Waals surface area contributed by atoms with E-state index in [-0.39, 0.29) is 0 Å². The molecule has 1 N–H and O–H groups in total. The topological polar surface area (TPSA) is 37.4 Å². The van der Waals surface area contributed by atoms with E-state index in [4.69, 9.17) is 4.74 Å². The van der Waals surface area contributed by atoms with E-state index >= 15 is 0 Å². The minimum absolute atomic E-state index is 0.351. The van der Waals surface area contributed by atoms with Crippen LogP contribution in [0.5, 0.6) is 0 Å². The number of morpholine rings is 1. The maximum absolute atomic E-state index is 5.60. The summed E-state index contributed by atoms with van der Waals surface area (Å²) in [6.45, 7) is 9.71. The number of nitrogens with zero attached hydrogens (tertiary/aromatic N) is 2. The van der Waals surface area contributed by atoms with Crippen LogP contribution in [-0.2, 0) is 4.74 Å². The van der Waals surface area contributed by atoms with Gasteiger partial charge in [-0.1, -0.05) is 13.8 Å². The summed E-state index contributed by atoms with van der Waals surface area (Å²) < 4.78 is 6.66. The number of hydrogen-bond donors (Lipinski definition) is 1. The minimum atomic E-state index is 0.351. The molecule has 0 spiro atoms. The van der Waals surface area contributed by atoms with E-state index in [0.29, 0.717) is 12.1 Å². The number of ether oxygens (including phenoxy) is 1. The summed E-state index contributed by atoms with van der Waals surface area (Å²) in [6.07, 6.45) is 0. The van der Waals surface area contributed by atoms with Crippen molar-refractivity contribution < 1.29 is 4.74 Å². The zero-order valence-electron chi connectivity index (χ0n) is 11.8. The summed E-state index contributed by atoms with van der Waals surface area (Å²) in [6, 6.07) is 4.98. The third kappa shape index (κ3) is 3.91. The van der Waals surface area contributed by atoms with Crippen LogP contribution in [0.15, 0.2) is 16.6 Å². The first-order valence-corrected chi connectivity index (χ1v) is 7.58. The SMILES string of the molecule is Cc1nc(N2CCOCC2CNC(C)C)ccc1Br. The molecule has 2 rings (SSSR count). The number of hydrogen-bond acceptors (Lipinski definition) is 4. The second-order valence-electron chi connectivity index (χ2n) is 5.22. The molecule has 1 atom stereocenters. The normalized spacial score (nSPS) is 20.1. The summed E-state index contributed by atoms with van der Waals surface area (Å²) in [7, 11) is 0. The quantitative estimate of drug-likeness (QED) is 0.921. The number of halogens is 1. The predicted molar refractivity (Wildman–Crippen MR) is 81.8 cm³/mol. The van der Waals surface area contributed by atoms with Gasteiger partial charge in [0.05, 0.1) is 24.9 Å². The third-order valence-electron chi connectivity index (χ3n) is 3.29. The Balaban J connectivity index is 2.11. The van der Waals surface area contributed by atoms with E-state index in [1.165, 1.54) is 0 Å². The van der Waals surface area contributed by atoms with Crippen LogP contribution in [0.25, 0.3) is 0 Å². The smallest absolute Gasteiger partial charge is 0.129 e. The highest BCUT2D eigenvalue weighted by Crippen LogP contribution is 2.22. The van der Waals surface area contributed by atoms with Gasteiger partial charge in [0, 0.05) is 23.6 Å². The van der Waals surface area contributed by atoms with Crippen molar-refractivity contribution in [3.63, 3.8) is 0 Å². The van der Waals surface area contributed by atoms with E-state index in [9.17, 15) is 0 Å². The van der Waals surface area contributed by atoms with Crippen LogP contribution in [0, 0.1) is 6.92 Å². The molecular formula is C14H22BrN3O. The van der Waals surface area contributed by atoms with Crippen LogP contribution in [0.3, 0.4) is 0 Å². The first kappa shape index (κ1) is 14.8. The van der Waals surface area contributed by atoms with Crippen molar-refractivity contribution in [3.05, 3.63) is 22.3 Å². The number of nitrogens with one attached hydrogen (secondary N) is 1. The molecule has 5 heteroatoms. The number of pyridine rings is 1. The average molecular weight is 328 g/mol. The lowest BCUT2D eigenvalue weighted by molar-refractivity contribution is 0.0927. The summed E-state index contributed by atoms with van der Waals surface area (Å²) in [5.74, 6) is 1.04. The van der Waals surface area contributed by atoms with Crippen molar-refractivity contribution in [2.24, 2.45) is 0 Å². The molecule has 0 amide bonds. The lowest BCUT2D eigenvalue weighted by Gasteiger charge is -2.37. The molecule has 19 heavy (non-hydrogen) atoms. The van der Waals surface area contributed by atoms with Crippen LogP contribution in [0.2, 0.25) is 0 Å². The van der Waals surface area contributed by atoms with Crippen molar-refractivity contribution in [1.29, 1.82) is 0 Å². The molecule has 0 aromatic carbocycles. The number of aromatic nitrogens is 1. The Hall–Kier alpha value is -0.650. The van der Waals surface area contributed by atoms with Crippen LogP contribution >= 0.6 is 15.9 Å². The molecule has 1 aliphatic rings. The first-order chi connectivity index (χ1) is 9.08. The van der Waals surface area contributed by atoms with Gasteiger partial charge in [-0.15, -0.1) is 0 Å². The van der Waals surface area contributed by atoms with Gasteiger partial charge < -0.3 is 15.0 Å². The Morgan fingerprint density at radius 3 is 3.00 bits per heavy atom. The lowest BCUT2D eigenvalue weighted by Crippen LogP contribution is -2.51. The maximum atomic E-state index is 5.60. The fraction of sp³-hybridized carbons (Fsp3) is 0.643. The molecule has 4 nitrogen and oxygen atoms in total. The fourth-order valence-electron chi connectivity index (χ4n) is 2.19. The second-order valence-corrected chi connectivity index (χ2v) is 6.08. The van der Waals surface area contributed by atoms with Gasteiger partial charge in [-0.25, -0.2) is 4.98 Å². The lowest BCUT2D eigenvalue weighted by atomic mass is 10.2. The molecule has 1 saturated heterocycles. The molecule has 2 heterocycles. The summed E-state index contributed by atoms with van der Waals surface area (Å²) >= 11 is 3.50. The Labute approximate surface area is 123 Å². The standard InChI is InChI=1S/C14H22BrN3O/c1-10(2)16-8-12-9-19-7-6-18(12)14-5-4-13(15)11(3)17-14/h4-5,10,12,16H,6-9H2,1-3H3. The molecule has 0 saturated carbocycles. The molecule has 1 unspecified atom stereocenters. The summed E-state index contributed by atoms with van der Waals surface area (Å²) in [5, 5.41) is 3.48. The largest absolute Gasteiger partial charge is 0.377 e. The monoisotopic (exact) mass is 327 g/mol. The summed E-state index contributed by atoms with van der Waals surface area (Å²) in [4.78, 5) is 7.02. The maximum Gasteiger partial charge on any atom is 0.129 e.